The zero-order valence-corrected chi connectivity index (χ0v) is 11.5. The highest BCUT2D eigenvalue weighted by molar-refractivity contribution is 5.33. The Balaban J connectivity index is 2.58. The van der Waals surface area contributed by atoms with Crippen molar-refractivity contribution in [3.05, 3.63) is 29.8 Å². The summed E-state index contributed by atoms with van der Waals surface area (Å²) in [4.78, 5) is 0. The minimum absolute atomic E-state index is 0.588. The van der Waals surface area contributed by atoms with Crippen molar-refractivity contribution in [1.29, 1.82) is 0 Å². The smallest absolute Gasteiger partial charge is 0.122 e. The van der Waals surface area contributed by atoms with Gasteiger partial charge in [-0.2, -0.15) is 0 Å². The van der Waals surface area contributed by atoms with Crippen molar-refractivity contribution in [2.75, 3.05) is 13.7 Å². The third kappa shape index (κ3) is 4.39. The zero-order valence-electron chi connectivity index (χ0n) is 11.5. The van der Waals surface area contributed by atoms with Gasteiger partial charge in [-0.15, -0.1) is 0 Å². The molecule has 0 spiro atoms. The number of hydrogen-bond donors (Lipinski definition) is 1. The van der Waals surface area contributed by atoms with Crippen LogP contribution in [0.2, 0.25) is 0 Å². The van der Waals surface area contributed by atoms with Crippen molar-refractivity contribution in [3.63, 3.8) is 0 Å². The van der Waals surface area contributed by atoms with Crippen LogP contribution in [0.15, 0.2) is 24.3 Å². The van der Waals surface area contributed by atoms with E-state index in [1.807, 2.05) is 12.1 Å². The minimum atomic E-state index is 0.588. The summed E-state index contributed by atoms with van der Waals surface area (Å²) >= 11 is 0. The molecule has 1 aromatic rings. The summed E-state index contributed by atoms with van der Waals surface area (Å²) in [7, 11) is 1.74. The van der Waals surface area contributed by atoms with Crippen LogP contribution in [-0.4, -0.2) is 19.7 Å². The summed E-state index contributed by atoms with van der Waals surface area (Å²) in [5, 5.41) is 3.55. The fraction of sp³-hybridized carbons (Fsp3) is 0.600. The average Bonchev–Trinajstić information content (AvgIpc) is 2.34. The Bertz CT molecular complexity index is 322. The van der Waals surface area contributed by atoms with Crippen LogP contribution in [0.4, 0.5) is 0 Å². The Hall–Kier alpha value is -1.02. The van der Waals surface area contributed by atoms with Crippen LogP contribution < -0.4 is 10.1 Å². The van der Waals surface area contributed by atoms with E-state index in [1.165, 1.54) is 5.56 Å². The van der Waals surface area contributed by atoms with Crippen molar-refractivity contribution < 1.29 is 4.74 Å². The van der Waals surface area contributed by atoms with Gasteiger partial charge in [0, 0.05) is 6.04 Å². The Morgan fingerprint density at radius 3 is 2.53 bits per heavy atom. The molecular formula is C15H25NO. The number of aryl methyl sites for hydroxylation is 1. The lowest BCUT2D eigenvalue weighted by Crippen LogP contribution is -2.34. The van der Waals surface area contributed by atoms with Crippen molar-refractivity contribution in [2.24, 2.45) is 5.92 Å². The third-order valence-corrected chi connectivity index (χ3v) is 3.19. The van der Waals surface area contributed by atoms with Crippen LogP contribution in [-0.2, 0) is 6.42 Å². The summed E-state index contributed by atoms with van der Waals surface area (Å²) in [6.45, 7) is 7.75. The molecule has 96 valence electrons. The molecule has 1 unspecified atom stereocenters. The van der Waals surface area contributed by atoms with Crippen molar-refractivity contribution in [3.8, 4) is 5.75 Å². The molecule has 0 heterocycles. The van der Waals surface area contributed by atoms with Gasteiger partial charge in [-0.1, -0.05) is 39.0 Å². The van der Waals surface area contributed by atoms with Crippen LogP contribution in [0.25, 0.3) is 0 Å². The molecule has 1 aromatic carbocycles. The second-order valence-corrected chi connectivity index (χ2v) is 4.76. The second kappa shape index (κ2) is 7.33. The van der Waals surface area contributed by atoms with Gasteiger partial charge >= 0.3 is 0 Å². The summed E-state index contributed by atoms with van der Waals surface area (Å²) in [5.74, 6) is 1.68. The van der Waals surface area contributed by atoms with Crippen LogP contribution in [0.1, 0.15) is 32.8 Å². The maximum Gasteiger partial charge on any atom is 0.122 e. The maximum absolute atomic E-state index is 5.38. The first-order chi connectivity index (χ1) is 8.19. The summed E-state index contributed by atoms with van der Waals surface area (Å²) in [6.07, 6.45) is 2.23. The number of benzene rings is 1. The molecule has 1 atom stereocenters. The second-order valence-electron chi connectivity index (χ2n) is 4.76. The Morgan fingerprint density at radius 1 is 1.24 bits per heavy atom. The van der Waals surface area contributed by atoms with E-state index in [4.69, 9.17) is 4.74 Å². The van der Waals surface area contributed by atoms with Crippen molar-refractivity contribution >= 4 is 0 Å². The van der Waals surface area contributed by atoms with Crippen molar-refractivity contribution in [1.82, 2.24) is 5.32 Å². The van der Waals surface area contributed by atoms with E-state index in [9.17, 15) is 0 Å². The highest BCUT2D eigenvalue weighted by atomic mass is 16.5. The molecule has 2 nitrogen and oxygen atoms in total. The van der Waals surface area contributed by atoms with E-state index in [0.717, 1.165) is 25.1 Å². The highest BCUT2D eigenvalue weighted by Gasteiger charge is 2.12. The minimum Gasteiger partial charge on any atom is -0.496 e. The quantitative estimate of drug-likeness (QED) is 0.783. The van der Waals surface area contributed by atoms with E-state index in [1.54, 1.807) is 7.11 Å². The van der Waals surface area contributed by atoms with Gasteiger partial charge in [-0.05, 0) is 36.9 Å². The maximum atomic E-state index is 5.38. The van der Waals surface area contributed by atoms with Gasteiger partial charge in [0.1, 0.15) is 5.75 Å². The number of rotatable bonds is 7. The molecule has 0 saturated heterocycles. The van der Waals surface area contributed by atoms with E-state index < -0.39 is 0 Å². The number of ether oxygens (including phenoxy) is 1. The van der Waals surface area contributed by atoms with Crippen LogP contribution in [0.3, 0.4) is 0 Å². The SMILES string of the molecule is CCNC(CCc1ccccc1OC)C(C)C. The normalized spacial score (nSPS) is 12.8. The number of hydrogen-bond acceptors (Lipinski definition) is 2. The largest absolute Gasteiger partial charge is 0.496 e. The van der Waals surface area contributed by atoms with Gasteiger partial charge in [0.15, 0.2) is 0 Å². The molecule has 0 aliphatic rings. The molecule has 0 fully saturated rings. The standard InChI is InChI=1S/C15H25NO/c1-5-16-14(12(2)3)11-10-13-8-6-7-9-15(13)17-4/h6-9,12,14,16H,5,10-11H2,1-4H3. The number of para-hydroxylation sites is 1. The molecule has 1 N–H and O–H groups in total. The van der Waals surface area contributed by atoms with Crippen LogP contribution >= 0.6 is 0 Å². The summed E-state index contributed by atoms with van der Waals surface area (Å²) in [6, 6.07) is 8.88. The van der Waals surface area contributed by atoms with E-state index in [-0.39, 0.29) is 0 Å². The van der Waals surface area contributed by atoms with Gasteiger partial charge in [-0.3, -0.25) is 0 Å². The van der Waals surface area contributed by atoms with Gasteiger partial charge in [0.2, 0.25) is 0 Å². The monoisotopic (exact) mass is 235 g/mol. The Labute approximate surface area is 105 Å². The third-order valence-electron chi connectivity index (χ3n) is 3.19. The lowest BCUT2D eigenvalue weighted by Gasteiger charge is -2.22. The number of nitrogens with one attached hydrogen (secondary N) is 1. The van der Waals surface area contributed by atoms with E-state index >= 15 is 0 Å². The number of methoxy groups -OCH3 is 1. The zero-order chi connectivity index (χ0) is 12.7. The molecule has 0 bridgehead atoms. The predicted molar refractivity (Wildman–Crippen MR) is 73.6 cm³/mol. The van der Waals surface area contributed by atoms with E-state index in [0.29, 0.717) is 12.0 Å². The van der Waals surface area contributed by atoms with Gasteiger partial charge in [-0.25, -0.2) is 0 Å². The molecule has 0 amide bonds. The van der Waals surface area contributed by atoms with Gasteiger partial charge in [0.25, 0.3) is 0 Å². The Kier molecular flexibility index (Phi) is 6.06. The molecule has 0 saturated carbocycles. The first-order valence-electron chi connectivity index (χ1n) is 6.54. The molecule has 0 aliphatic carbocycles. The fourth-order valence-electron chi connectivity index (χ4n) is 2.15. The molecule has 0 aliphatic heterocycles. The average molecular weight is 235 g/mol. The molecule has 2 heteroatoms. The van der Waals surface area contributed by atoms with Gasteiger partial charge < -0.3 is 10.1 Å². The predicted octanol–water partition coefficient (Wildman–Crippen LogP) is 3.26. The first-order valence-corrected chi connectivity index (χ1v) is 6.54. The topological polar surface area (TPSA) is 21.3 Å². The molecule has 0 aromatic heterocycles. The Morgan fingerprint density at radius 2 is 1.94 bits per heavy atom. The highest BCUT2D eigenvalue weighted by Crippen LogP contribution is 2.20. The molecular weight excluding hydrogens is 210 g/mol. The summed E-state index contributed by atoms with van der Waals surface area (Å²) in [5.41, 5.74) is 1.30. The summed E-state index contributed by atoms with van der Waals surface area (Å²) < 4.78 is 5.38. The van der Waals surface area contributed by atoms with Crippen molar-refractivity contribution in [2.45, 2.75) is 39.7 Å². The molecule has 1 rings (SSSR count). The first kappa shape index (κ1) is 14.0. The fourth-order valence-corrected chi connectivity index (χ4v) is 2.15. The van der Waals surface area contributed by atoms with Gasteiger partial charge in [0.05, 0.1) is 7.11 Å². The van der Waals surface area contributed by atoms with Crippen LogP contribution in [0, 0.1) is 5.92 Å². The molecule has 0 radical (unpaired) electrons. The van der Waals surface area contributed by atoms with Crippen LogP contribution in [0.5, 0.6) is 5.75 Å². The lowest BCUT2D eigenvalue weighted by atomic mass is 9.96. The lowest BCUT2D eigenvalue weighted by molar-refractivity contribution is 0.377. The van der Waals surface area contributed by atoms with E-state index in [2.05, 4.69) is 38.2 Å². The molecule has 17 heavy (non-hydrogen) atoms.